The fraction of sp³-hybridized carbons (Fsp3) is 0.231. The van der Waals surface area contributed by atoms with Gasteiger partial charge in [0.2, 0.25) is 0 Å². The van der Waals surface area contributed by atoms with Crippen molar-refractivity contribution in [3.8, 4) is 0 Å². The van der Waals surface area contributed by atoms with E-state index in [1.807, 2.05) is 72.5 Å². The van der Waals surface area contributed by atoms with E-state index in [1.54, 1.807) is 0 Å². The number of fused-ring (bicyclic) bond motifs is 2. The highest BCUT2D eigenvalue weighted by Gasteiger charge is 2.26. The van der Waals surface area contributed by atoms with Crippen LogP contribution in [0.3, 0.4) is 0 Å². The van der Waals surface area contributed by atoms with Crippen LogP contribution in [0.1, 0.15) is 39.3 Å². The van der Waals surface area contributed by atoms with Crippen molar-refractivity contribution in [1.82, 2.24) is 15.2 Å². The van der Waals surface area contributed by atoms with Crippen molar-refractivity contribution >= 4 is 33.5 Å². The molecule has 31 heavy (non-hydrogen) atoms. The van der Waals surface area contributed by atoms with Crippen molar-refractivity contribution in [1.29, 1.82) is 0 Å². The molecule has 5 heteroatoms. The average Bonchev–Trinajstić information content (AvgIpc) is 3.21. The molecule has 1 aliphatic rings. The summed E-state index contributed by atoms with van der Waals surface area (Å²) in [7, 11) is 0. The Morgan fingerprint density at radius 2 is 1.77 bits per heavy atom. The number of hydrogen-bond donors (Lipinski definition) is 2. The number of aromatic amines is 1. The lowest BCUT2D eigenvalue weighted by molar-refractivity contribution is 0.0671. The number of carbonyl (C=O) groups is 2. The van der Waals surface area contributed by atoms with Gasteiger partial charge in [-0.2, -0.15) is 0 Å². The predicted molar refractivity (Wildman–Crippen MR) is 123 cm³/mol. The summed E-state index contributed by atoms with van der Waals surface area (Å²) in [6.07, 6.45) is 1.74. The molecule has 0 spiro atoms. The number of likely N-dealkylation sites (tertiary alicyclic amines) is 1. The molecular weight excluding hydrogens is 386 g/mol. The highest BCUT2D eigenvalue weighted by atomic mass is 16.2. The number of aromatic nitrogens is 1. The number of carbonyl (C=O) groups excluding carboxylic acids is 2. The van der Waals surface area contributed by atoms with Gasteiger partial charge in [0, 0.05) is 35.6 Å². The molecule has 1 aromatic heterocycles. The fourth-order valence-electron chi connectivity index (χ4n) is 4.41. The molecule has 2 heterocycles. The third kappa shape index (κ3) is 3.91. The summed E-state index contributed by atoms with van der Waals surface area (Å²) in [5, 5.41) is 6.32. The highest BCUT2D eigenvalue weighted by molar-refractivity contribution is 5.99. The van der Waals surface area contributed by atoms with Gasteiger partial charge in [0.25, 0.3) is 11.8 Å². The summed E-state index contributed by atoms with van der Waals surface area (Å²) in [5.41, 5.74) is 3.37. The second-order valence-corrected chi connectivity index (χ2v) is 8.40. The molecule has 1 saturated heterocycles. The zero-order valence-corrected chi connectivity index (χ0v) is 17.5. The maximum absolute atomic E-state index is 13.1. The lowest BCUT2D eigenvalue weighted by atomic mass is 10.0. The maximum atomic E-state index is 13.1. The molecule has 5 rings (SSSR count). The van der Waals surface area contributed by atoms with E-state index in [-0.39, 0.29) is 17.9 Å². The molecule has 5 nitrogen and oxygen atoms in total. The molecule has 2 N–H and O–H groups in total. The molecular formula is C26H25N3O2. The minimum Gasteiger partial charge on any atom is -0.351 e. The summed E-state index contributed by atoms with van der Waals surface area (Å²) in [6, 6.07) is 21.7. The highest BCUT2D eigenvalue weighted by Crippen LogP contribution is 2.21. The van der Waals surface area contributed by atoms with Gasteiger partial charge < -0.3 is 15.2 Å². The molecule has 1 aliphatic heterocycles. The van der Waals surface area contributed by atoms with E-state index in [0.29, 0.717) is 24.3 Å². The van der Waals surface area contributed by atoms with Crippen molar-refractivity contribution in [3.63, 3.8) is 0 Å². The Morgan fingerprint density at radius 3 is 2.65 bits per heavy atom. The summed E-state index contributed by atoms with van der Waals surface area (Å²) in [4.78, 5) is 31.0. The Morgan fingerprint density at radius 1 is 0.968 bits per heavy atom. The van der Waals surface area contributed by atoms with Crippen LogP contribution in [-0.2, 0) is 0 Å². The van der Waals surface area contributed by atoms with Crippen LogP contribution in [0.15, 0.2) is 66.7 Å². The summed E-state index contributed by atoms with van der Waals surface area (Å²) in [6.45, 7) is 3.26. The zero-order valence-electron chi connectivity index (χ0n) is 17.5. The molecule has 3 aromatic carbocycles. The van der Waals surface area contributed by atoms with E-state index >= 15 is 0 Å². The third-order valence-electron chi connectivity index (χ3n) is 6.06. The van der Waals surface area contributed by atoms with Gasteiger partial charge in [-0.25, -0.2) is 0 Å². The molecule has 0 saturated carbocycles. The van der Waals surface area contributed by atoms with Crippen molar-refractivity contribution < 1.29 is 9.59 Å². The van der Waals surface area contributed by atoms with Gasteiger partial charge in [-0.15, -0.1) is 0 Å². The average molecular weight is 412 g/mol. The Labute approximate surface area is 181 Å². The summed E-state index contributed by atoms with van der Waals surface area (Å²) in [5.74, 6) is -0.107. The molecule has 4 aromatic rings. The number of nitrogens with zero attached hydrogens (tertiary/aromatic N) is 1. The second kappa shape index (κ2) is 7.91. The molecule has 1 unspecified atom stereocenters. The number of benzene rings is 3. The van der Waals surface area contributed by atoms with Crippen LogP contribution < -0.4 is 5.32 Å². The lowest BCUT2D eigenvalue weighted by Crippen LogP contribution is -2.49. The lowest BCUT2D eigenvalue weighted by Gasteiger charge is -2.33. The number of amides is 2. The number of hydrogen-bond acceptors (Lipinski definition) is 2. The number of aryl methyl sites for hydroxylation is 1. The minimum atomic E-state index is -0.0915. The number of rotatable bonds is 3. The van der Waals surface area contributed by atoms with Crippen LogP contribution in [0.4, 0.5) is 0 Å². The maximum Gasteiger partial charge on any atom is 0.270 e. The van der Waals surface area contributed by atoms with E-state index in [2.05, 4.69) is 16.4 Å². The molecule has 1 atom stereocenters. The quantitative estimate of drug-likeness (QED) is 0.515. The van der Waals surface area contributed by atoms with E-state index in [0.717, 1.165) is 40.1 Å². The second-order valence-electron chi connectivity index (χ2n) is 8.40. The van der Waals surface area contributed by atoms with Crippen LogP contribution in [0.25, 0.3) is 21.7 Å². The van der Waals surface area contributed by atoms with Gasteiger partial charge in [-0.05, 0) is 60.4 Å². The number of H-pyrrole nitrogens is 1. The first-order chi connectivity index (χ1) is 15.1. The number of nitrogens with one attached hydrogen (secondary N) is 2. The Hall–Kier alpha value is -3.60. The van der Waals surface area contributed by atoms with Crippen LogP contribution >= 0.6 is 0 Å². The predicted octanol–water partition coefficient (Wildman–Crippen LogP) is 4.66. The summed E-state index contributed by atoms with van der Waals surface area (Å²) < 4.78 is 0. The largest absolute Gasteiger partial charge is 0.351 e. The fourth-order valence-corrected chi connectivity index (χ4v) is 4.41. The summed E-state index contributed by atoms with van der Waals surface area (Å²) >= 11 is 0. The standard InChI is InChI=1S/C26H25N3O2/c1-17-8-9-20-15-24(28-23(20)13-17)26(31)29-12-4-7-22(16-29)27-25(30)21-11-10-18-5-2-3-6-19(18)14-21/h2-3,5-6,8-11,13-15,22,28H,4,7,12,16H2,1H3,(H,27,30). The third-order valence-corrected chi connectivity index (χ3v) is 6.06. The van der Waals surface area contributed by atoms with Gasteiger partial charge in [-0.3, -0.25) is 9.59 Å². The Bertz CT molecular complexity index is 1290. The number of piperidine rings is 1. The zero-order chi connectivity index (χ0) is 21.4. The van der Waals surface area contributed by atoms with Gasteiger partial charge in [0.1, 0.15) is 5.69 Å². The minimum absolute atomic E-state index is 0.0153. The van der Waals surface area contributed by atoms with Gasteiger partial charge in [0.15, 0.2) is 0 Å². The molecule has 0 bridgehead atoms. The monoisotopic (exact) mass is 411 g/mol. The van der Waals surface area contributed by atoms with Crippen molar-refractivity contribution in [2.24, 2.45) is 0 Å². The van der Waals surface area contributed by atoms with Gasteiger partial charge in [-0.1, -0.05) is 42.5 Å². The van der Waals surface area contributed by atoms with Gasteiger partial charge >= 0.3 is 0 Å². The molecule has 0 radical (unpaired) electrons. The first kappa shape index (κ1) is 19.4. The van der Waals surface area contributed by atoms with Gasteiger partial charge in [0.05, 0.1) is 0 Å². The van der Waals surface area contributed by atoms with Crippen LogP contribution in [0, 0.1) is 6.92 Å². The first-order valence-corrected chi connectivity index (χ1v) is 10.8. The molecule has 0 aliphatic carbocycles. The van der Waals surface area contributed by atoms with Crippen molar-refractivity contribution in [2.75, 3.05) is 13.1 Å². The van der Waals surface area contributed by atoms with Crippen molar-refractivity contribution in [3.05, 3.63) is 83.6 Å². The first-order valence-electron chi connectivity index (χ1n) is 10.8. The van der Waals surface area contributed by atoms with Crippen LogP contribution in [-0.4, -0.2) is 40.8 Å². The SMILES string of the molecule is Cc1ccc2cc(C(=O)N3CCCC(NC(=O)c4ccc5ccccc5c4)C3)[nH]c2c1. The Balaban J connectivity index is 1.28. The van der Waals surface area contributed by atoms with E-state index in [1.165, 1.54) is 0 Å². The van der Waals surface area contributed by atoms with E-state index in [9.17, 15) is 9.59 Å². The molecule has 2 amide bonds. The van der Waals surface area contributed by atoms with Crippen LogP contribution in [0.5, 0.6) is 0 Å². The molecule has 1 fully saturated rings. The van der Waals surface area contributed by atoms with E-state index in [4.69, 9.17) is 0 Å². The Kier molecular flexibility index (Phi) is 4.94. The normalized spacial score (nSPS) is 16.5. The molecule has 156 valence electrons. The smallest absolute Gasteiger partial charge is 0.270 e. The van der Waals surface area contributed by atoms with Crippen LogP contribution in [0.2, 0.25) is 0 Å². The van der Waals surface area contributed by atoms with Crippen molar-refractivity contribution in [2.45, 2.75) is 25.8 Å². The van der Waals surface area contributed by atoms with E-state index < -0.39 is 0 Å². The topological polar surface area (TPSA) is 65.2 Å².